The second-order valence-corrected chi connectivity index (χ2v) is 18.6. The average molecular weight is 758 g/mol. The van der Waals surface area contributed by atoms with E-state index in [1.807, 2.05) is 0 Å². The first kappa shape index (κ1) is 45.0. The molecule has 0 spiro atoms. The summed E-state index contributed by atoms with van der Waals surface area (Å²) < 4.78 is 0.0146. The van der Waals surface area contributed by atoms with Gasteiger partial charge in [0, 0.05) is 0 Å². The van der Waals surface area contributed by atoms with Crippen LogP contribution in [0, 0.1) is 27.7 Å². The molecule has 0 aromatic heterocycles. The number of allylic oxidation sites excluding steroid dienone is 4. The molecule has 48 heavy (non-hydrogen) atoms. The molecular formula is C43H59Cl3SiTi. The van der Waals surface area contributed by atoms with Crippen molar-refractivity contribution in [1.82, 2.24) is 0 Å². The third-order valence-electron chi connectivity index (χ3n) is 10.3. The standard InChI is InChI=1S/C43H59Si.3ClH.Ti/c1-10-12-14-16-18-37-26-38(19-17-15-13-11-2)28-39(27-37)43-36(9)34(7)35(8)42(43)29-44(40-22-30(3)20-31(4)23-40)41-24-32(5)21-33(6)25-41;;;;/h20-28,44H,10-19,29H2,1-9H3;3*1H;/q;;;;+3/p-3. The zero-order valence-corrected chi connectivity index (χ0v) is 36.2. The van der Waals surface area contributed by atoms with Crippen LogP contribution in [0.2, 0.25) is 9.76 Å². The summed E-state index contributed by atoms with van der Waals surface area (Å²) in [5, 5.41) is 3.18. The minimum Gasteiger partial charge on any atom is -1.00 e. The van der Waals surface area contributed by atoms with Crippen LogP contribution >= 0.6 is 0 Å². The Labute approximate surface area is 326 Å². The molecule has 3 aromatic rings. The molecule has 0 saturated carbocycles. The van der Waals surface area contributed by atoms with Crippen molar-refractivity contribution < 1.29 is 57.7 Å². The van der Waals surface area contributed by atoms with Crippen molar-refractivity contribution in [1.29, 1.82) is 0 Å². The summed E-state index contributed by atoms with van der Waals surface area (Å²) in [6.07, 6.45) is 13.0. The second-order valence-electron chi connectivity index (χ2n) is 14.4. The van der Waals surface area contributed by atoms with Crippen LogP contribution in [0.1, 0.15) is 125 Å². The first-order valence-corrected chi connectivity index (χ1v) is 20.7. The fraction of sp³-hybridized carbons (Fsp3) is 0.488. The van der Waals surface area contributed by atoms with Crippen LogP contribution in [0.3, 0.4) is 0 Å². The number of benzene rings is 3. The van der Waals surface area contributed by atoms with Gasteiger partial charge in [-0.3, -0.25) is 0 Å². The van der Waals surface area contributed by atoms with E-state index in [2.05, 4.69) is 137 Å². The molecule has 0 heterocycles. The summed E-state index contributed by atoms with van der Waals surface area (Å²) in [7, 11) is -1.58. The molecule has 0 bridgehead atoms. The van der Waals surface area contributed by atoms with Gasteiger partial charge in [-0.25, -0.2) is 0 Å². The molecule has 0 aliphatic heterocycles. The number of halogens is 3. The smallest absolute Gasteiger partial charge is 1.00 e. The largest absolute Gasteiger partial charge is 1.00 e. The molecule has 0 fully saturated rings. The van der Waals surface area contributed by atoms with Crippen molar-refractivity contribution >= 4 is 24.7 Å². The Bertz CT molecular complexity index is 1430. The predicted molar refractivity (Wildman–Crippen MR) is 199 cm³/mol. The van der Waals surface area contributed by atoms with Crippen molar-refractivity contribution in [2.24, 2.45) is 0 Å². The van der Waals surface area contributed by atoms with E-state index in [-0.39, 0.29) is 40.9 Å². The van der Waals surface area contributed by atoms with Crippen LogP contribution in [0.4, 0.5) is 0 Å². The van der Waals surface area contributed by atoms with Crippen molar-refractivity contribution in [2.75, 3.05) is 0 Å². The van der Waals surface area contributed by atoms with Gasteiger partial charge in [0.05, 0.1) is 0 Å². The molecule has 0 N–H and O–H groups in total. The maximum atomic E-state index is 2.60. The number of hydrogen-bond donors (Lipinski definition) is 0. The predicted octanol–water partition coefficient (Wildman–Crippen LogP) is 2.05. The van der Waals surface area contributed by atoms with Crippen LogP contribution in [-0.2, 0) is 33.3 Å². The monoisotopic (exact) mass is 756 g/mol. The van der Waals surface area contributed by atoms with Gasteiger partial charge in [0.2, 0.25) is 0 Å². The first-order valence-electron chi connectivity index (χ1n) is 17.9. The fourth-order valence-corrected chi connectivity index (χ4v) is 13.5. The van der Waals surface area contributed by atoms with Crippen molar-refractivity contribution in [3.63, 3.8) is 0 Å². The van der Waals surface area contributed by atoms with Gasteiger partial charge >= 0.3 is 292 Å². The third-order valence-corrected chi connectivity index (χ3v) is 15.6. The van der Waals surface area contributed by atoms with Crippen LogP contribution in [0.5, 0.6) is 0 Å². The molecular weight excluding hydrogens is 699 g/mol. The van der Waals surface area contributed by atoms with Gasteiger partial charge in [-0.15, -0.1) is 0 Å². The molecule has 1 aliphatic rings. The van der Waals surface area contributed by atoms with Crippen LogP contribution < -0.4 is 47.6 Å². The molecule has 1 unspecified atom stereocenters. The van der Waals surface area contributed by atoms with Crippen LogP contribution in [0.15, 0.2) is 71.3 Å². The van der Waals surface area contributed by atoms with Crippen molar-refractivity contribution in [3.8, 4) is 0 Å². The van der Waals surface area contributed by atoms with Gasteiger partial charge in [0.15, 0.2) is 0 Å². The van der Waals surface area contributed by atoms with Crippen molar-refractivity contribution in [3.05, 3.63) is 110 Å². The molecule has 0 nitrogen and oxygen atoms in total. The Hall–Kier alpha value is -1.06. The number of aryl methyl sites for hydroxylation is 6. The van der Waals surface area contributed by atoms with Crippen LogP contribution in [0.25, 0.3) is 5.57 Å². The van der Waals surface area contributed by atoms with E-state index in [1.165, 1.54) is 109 Å². The molecule has 1 aliphatic carbocycles. The van der Waals surface area contributed by atoms with E-state index in [4.69, 9.17) is 0 Å². The van der Waals surface area contributed by atoms with Gasteiger partial charge in [0.25, 0.3) is 0 Å². The molecule has 5 heteroatoms. The Kier molecular flexibility index (Phi) is 19.4. The van der Waals surface area contributed by atoms with E-state index >= 15 is 0 Å². The van der Waals surface area contributed by atoms with E-state index in [9.17, 15) is 0 Å². The summed E-state index contributed by atoms with van der Waals surface area (Å²) in [4.78, 5) is 0. The quantitative estimate of drug-likeness (QED) is 0.165. The molecule has 0 amide bonds. The van der Waals surface area contributed by atoms with E-state index in [0.29, 0.717) is 0 Å². The van der Waals surface area contributed by atoms with E-state index in [1.54, 1.807) is 32.6 Å². The third kappa shape index (κ3) is 11.2. The topological polar surface area (TPSA) is 0 Å². The summed E-state index contributed by atoms with van der Waals surface area (Å²) in [5.41, 5.74) is 16.4. The zero-order chi connectivity index (χ0) is 32.7. The summed E-state index contributed by atoms with van der Waals surface area (Å²) >= 11 is 2.60. The van der Waals surface area contributed by atoms with Gasteiger partial charge in [0.1, 0.15) is 0 Å². The summed E-state index contributed by atoms with van der Waals surface area (Å²) in [6.45, 7) is 21.0. The van der Waals surface area contributed by atoms with Gasteiger partial charge < -0.3 is 37.2 Å². The summed E-state index contributed by atoms with van der Waals surface area (Å²) in [5.74, 6) is 0. The number of hydrogen-bond acceptors (Lipinski definition) is 0. The second kappa shape index (κ2) is 20.7. The fourth-order valence-electron chi connectivity index (χ4n) is 7.88. The Morgan fingerprint density at radius 2 is 0.938 bits per heavy atom. The molecule has 0 radical (unpaired) electrons. The number of unbranched alkanes of at least 4 members (excludes halogenated alkanes) is 6. The maximum Gasteiger partial charge on any atom is -1.00 e. The molecule has 260 valence electrons. The molecule has 3 aromatic carbocycles. The summed E-state index contributed by atoms with van der Waals surface area (Å²) in [6, 6.07) is 23.7. The van der Waals surface area contributed by atoms with Gasteiger partial charge in [-0.1, -0.05) is 0 Å². The first-order chi connectivity index (χ1) is 21.5. The van der Waals surface area contributed by atoms with Crippen molar-refractivity contribution in [2.45, 2.75) is 136 Å². The Morgan fingerprint density at radius 1 is 0.521 bits per heavy atom. The Balaban J connectivity index is 0.00000384. The Morgan fingerprint density at radius 3 is 1.33 bits per heavy atom. The van der Waals surface area contributed by atoms with E-state index < -0.39 is 8.80 Å². The minimum absolute atomic E-state index is 0. The molecule has 1 atom stereocenters. The van der Waals surface area contributed by atoms with E-state index in [0.717, 1.165) is 0 Å². The van der Waals surface area contributed by atoms with Gasteiger partial charge in [-0.2, -0.15) is 0 Å². The number of rotatable bonds is 15. The SMILES string of the molecule is CCCCCCc1cc(CCCCCC)cc(C2=C(C)C(C)=C(C)[C]2([Ti+3])C[SiH](c2cc(C)cc(C)c2)c2cc(C)cc(C)c2)c1.[Cl-].[Cl-].[Cl-]. The molecule has 0 saturated heterocycles. The van der Waals surface area contributed by atoms with Gasteiger partial charge in [-0.05, 0) is 0 Å². The normalized spacial score (nSPS) is 15.8. The maximum absolute atomic E-state index is 2.60. The minimum atomic E-state index is -1.58. The zero-order valence-electron chi connectivity index (χ0n) is 31.2. The van der Waals surface area contributed by atoms with Crippen LogP contribution in [-0.4, -0.2) is 8.80 Å². The average Bonchev–Trinajstić information content (AvgIpc) is 3.14. The molecule has 4 rings (SSSR count).